The zero-order chi connectivity index (χ0) is 35.8. The number of carboxylic acid groups (broad SMARTS) is 1. The number of aliphatic imine (C=N–C) groups is 1. The van der Waals surface area contributed by atoms with Crippen LogP contribution in [0.1, 0.15) is 44.7 Å². The highest BCUT2D eigenvalue weighted by Crippen LogP contribution is 2.21. The molecule has 46 heavy (non-hydrogen) atoms. The number of amidine groups is 1. The van der Waals surface area contributed by atoms with Crippen LogP contribution in [0.4, 0.5) is 13.2 Å². The SMILES string of the molecule is C=CCNC(=O)C(Cc1ccc(C(=N)N)cc1)C(=O)NC(C(=O)N[C@@H](CCCN=C(N)N)C(N)=O)C(C)(C)C.O=C(O)C(F)(F)F. The summed E-state index contributed by atoms with van der Waals surface area (Å²) in [6, 6.07) is 4.48. The van der Waals surface area contributed by atoms with E-state index in [4.69, 9.17) is 38.2 Å². The van der Waals surface area contributed by atoms with Crippen LogP contribution in [0, 0.1) is 16.7 Å². The number of alkyl halides is 3. The molecule has 0 saturated carbocycles. The van der Waals surface area contributed by atoms with Crippen molar-refractivity contribution in [2.45, 2.75) is 58.3 Å². The van der Waals surface area contributed by atoms with Crippen LogP contribution in [0.3, 0.4) is 0 Å². The van der Waals surface area contributed by atoms with Gasteiger partial charge < -0.3 is 44.0 Å². The van der Waals surface area contributed by atoms with Crippen LogP contribution in [0.5, 0.6) is 0 Å². The molecule has 0 saturated heterocycles. The molecule has 0 radical (unpaired) electrons. The summed E-state index contributed by atoms with van der Waals surface area (Å²) in [6.07, 6.45) is -3.00. The van der Waals surface area contributed by atoms with Crippen LogP contribution >= 0.6 is 0 Å². The minimum absolute atomic E-state index is 0.0280. The number of hydrogen-bond acceptors (Lipinski definition) is 7. The maximum atomic E-state index is 13.4. The van der Waals surface area contributed by atoms with E-state index in [0.29, 0.717) is 17.5 Å². The van der Waals surface area contributed by atoms with Gasteiger partial charge in [0, 0.05) is 18.7 Å². The van der Waals surface area contributed by atoms with E-state index >= 15 is 0 Å². The number of aliphatic carboxylic acids is 1. The number of carbonyl (C=O) groups is 5. The van der Waals surface area contributed by atoms with E-state index in [2.05, 4.69) is 27.5 Å². The van der Waals surface area contributed by atoms with Gasteiger partial charge in [0.2, 0.25) is 23.6 Å². The van der Waals surface area contributed by atoms with Gasteiger partial charge in [0.05, 0.1) is 0 Å². The minimum atomic E-state index is -5.08. The Morgan fingerprint density at radius 2 is 1.52 bits per heavy atom. The highest BCUT2D eigenvalue weighted by Gasteiger charge is 2.39. The van der Waals surface area contributed by atoms with Crippen molar-refractivity contribution in [3.05, 3.63) is 48.0 Å². The third-order valence-corrected chi connectivity index (χ3v) is 6.02. The molecule has 0 fully saturated rings. The molecular formula is C28H42F3N9O6. The quantitative estimate of drug-likeness (QED) is 0.0390. The smallest absolute Gasteiger partial charge is 0.475 e. The maximum absolute atomic E-state index is 13.4. The van der Waals surface area contributed by atoms with Gasteiger partial charge in [-0.3, -0.25) is 29.6 Å². The number of nitrogens with zero attached hydrogens (tertiary/aromatic N) is 1. The van der Waals surface area contributed by atoms with Gasteiger partial charge in [-0.15, -0.1) is 6.58 Å². The Morgan fingerprint density at radius 1 is 0.978 bits per heavy atom. The summed E-state index contributed by atoms with van der Waals surface area (Å²) in [5.41, 5.74) is 22.0. The topological polar surface area (TPSA) is 282 Å². The van der Waals surface area contributed by atoms with Gasteiger partial charge >= 0.3 is 12.1 Å². The Bertz CT molecular complexity index is 1270. The Hall–Kier alpha value is -5.16. The van der Waals surface area contributed by atoms with Crippen molar-refractivity contribution in [1.82, 2.24) is 16.0 Å². The molecule has 18 heteroatoms. The second-order valence-electron chi connectivity index (χ2n) is 10.9. The van der Waals surface area contributed by atoms with Crippen molar-refractivity contribution >= 4 is 41.4 Å². The van der Waals surface area contributed by atoms with Crippen LogP contribution in [0.2, 0.25) is 0 Å². The van der Waals surface area contributed by atoms with E-state index in [-0.39, 0.29) is 37.7 Å². The van der Waals surface area contributed by atoms with Gasteiger partial charge in [-0.25, -0.2) is 4.79 Å². The Labute approximate surface area is 263 Å². The third kappa shape index (κ3) is 15.5. The summed E-state index contributed by atoms with van der Waals surface area (Å²) < 4.78 is 31.7. The van der Waals surface area contributed by atoms with Crippen molar-refractivity contribution < 1.29 is 42.3 Å². The van der Waals surface area contributed by atoms with Crippen molar-refractivity contribution in [2.24, 2.45) is 39.3 Å². The number of carbonyl (C=O) groups excluding carboxylic acids is 4. The molecule has 0 aromatic heterocycles. The normalized spacial score (nSPS) is 12.9. The highest BCUT2D eigenvalue weighted by atomic mass is 19.4. The Kier molecular flexibility index (Phi) is 16.5. The Morgan fingerprint density at radius 3 is 1.93 bits per heavy atom. The summed E-state index contributed by atoms with van der Waals surface area (Å²) in [7, 11) is 0. The van der Waals surface area contributed by atoms with Gasteiger partial charge in [0.25, 0.3) is 0 Å². The standard InChI is InChI=1S/C26H41N9O4.C2HF3O2/c1-5-12-32-22(37)17(14-15-8-10-16(11-9-15)20(27)28)23(38)35-19(26(2,3)4)24(39)34-18(21(29)36)7-6-13-33-25(30)31;3-2(4,5)1(6)7/h5,8-11,17-19H,1,6-7,12-14H2,2-4H3,(H3,27,28)(H2,29,36)(H,32,37)(H,34,39)(H,35,38)(H4,30,31,33);(H,6,7)/t17?,18-,19?;/m0./s1. The van der Waals surface area contributed by atoms with Gasteiger partial charge in [-0.2, -0.15) is 13.2 Å². The summed E-state index contributed by atoms with van der Waals surface area (Å²) in [5, 5.41) is 22.6. The summed E-state index contributed by atoms with van der Waals surface area (Å²) in [4.78, 5) is 64.3. The lowest BCUT2D eigenvalue weighted by Crippen LogP contribution is -2.59. The molecular weight excluding hydrogens is 615 g/mol. The van der Waals surface area contributed by atoms with Crippen LogP contribution in [-0.2, 0) is 30.4 Å². The highest BCUT2D eigenvalue weighted by molar-refractivity contribution is 6.02. The molecule has 13 N–H and O–H groups in total. The molecule has 0 spiro atoms. The van der Waals surface area contributed by atoms with E-state index in [9.17, 15) is 32.3 Å². The number of benzene rings is 1. The second kappa shape index (κ2) is 18.6. The van der Waals surface area contributed by atoms with Crippen LogP contribution < -0.4 is 38.9 Å². The number of carboxylic acids is 1. The lowest BCUT2D eigenvalue weighted by molar-refractivity contribution is -0.192. The number of rotatable bonds is 15. The first kappa shape index (κ1) is 40.8. The van der Waals surface area contributed by atoms with Crippen LogP contribution in [0.15, 0.2) is 41.9 Å². The number of amides is 4. The molecule has 1 rings (SSSR count). The predicted octanol–water partition coefficient (Wildman–Crippen LogP) is -0.381. The van der Waals surface area contributed by atoms with E-state index in [1.807, 2.05) is 0 Å². The molecule has 0 heterocycles. The molecule has 15 nitrogen and oxygen atoms in total. The summed E-state index contributed by atoms with van der Waals surface area (Å²) in [5.74, 6) is -6.74. The van der Waals surface area contributed by atoms with Gasteiger partial charge in [0.1, 0.15) is 23.8 Å². The first-order chi connectivity index (χ1) is 21.1. The number of hydrogen-bond donors (Lipinski definition) is 9. The number of primary amides is 1. The van der Waals surface area contributed by atoms with Crippen LogP contribution in [0.25, 0.3) is 0 Å². The van der Waals surface area contributed by atoms with Crippen molar-refractivity contribution in [2.75, 3.05) is 13.1 Å². The molecule has 256 valence electrons. The molecule has 1 aromatic carbocycles. The van der Waals surface area contributed by atoms with Crippen molar-refractivity contribution in [1.29, 1.82) is 5.41 Å². The van der Waals surface area contributed by atoms with E-state index in [1.54, 1.807) is 45.0 Å². The zero-order valence-electron chi connectivity index (χ0n) is 25.7. The van der Waals surface area contributed by atoms with E-state index in [0.717, 1.165) is 0 Å². The lowest BCUT2D eigenvalue weighted by Gasteiger charge is -2.32. The third-order valence-electron chi connectivity index (χ3n) is 6.02. The summed E-state index contributed by atoms with van der Waals surface area (Å²) in [6.45, 7) is 9.18. The molecule has 0 aliphatic heterocycles. The van der Waals surface area contributed by atoms with Gasteiger partial charge in [-0.05, 0) is 30.2 Å². The molecule has 4 amide bonds. The molecule has 2 unspecified atom stereocenters. The molecule has 0 aliphatic carbocycles. The Balaban J connectivity index is 0.00000258. The number of nitrogen functional groups attached to an aromatic ring is 1. The average Bonchev–Trinajstić information content (AvgIpc) is 2.93. The minimum Gasteiger partial charge on any atom is -0.475 e. The maximum Gasteiger partial charge on any atom is 0.490 e. The lowest BCUT2D eigenvalue weighted by atomic mass is 9.85. The first-order valence-electron chi connectivity index (χ1n) is 13.7. The van der Waals surface area contributed by atoms with Crippen molar-refractivity contribution in [3.63, 3.8) is 0 Å². The van der Waals surface area contributed by atoms with Gasteiger partial charge in [-0.1, -0.05) is 51.1 Å². The van der Waals surface area contributed by atoms with Crippen LogP contribution in [-0.4, -0.2) is 77.8 Å². The van der Waals surface area contributed by atoms with Crippen molar-refractivity contribution in [3.8, 4) is 0 Å². The fraction of sp³-hybridized carbons (Fsp3) is 0.464. The number of nitrogens with two attached hydrogens (primary N) is 4. The van der Waals surface area contributed by atoms with Gasteiger partial charge in [0.15, 0.2) is 5.96 Å². The first-order valence-corrected chi connectivity index (χ1v) is 13.7. The second-order valence-corrected chi connectivity index (χ2v) is 10.9. The monoisotopic (exact) mass is 657 g/mol. The number of halogens is 3. The fourth-order valence-electron chi connectivity index (χ4n) is 3.62. The molecule has 0 aliphatic rings. The fourth-order valence-corrected chi connectivity index (χ4v) is 3.62. The summed E-state index contributed by atoms with van der Waals surface area (Å²) >= 11 is 0. The largest absolute Gasteiger partial charge is 0.490 e. The molecule has 0 bridgehead atoms. The predicted molar refractivity (Wildman–Crippen MR) is 164 cm³/mol. The van der Waals surface area contributed by atoms with E-state index in [1.165, 1.54) is 6.08 Å². The molecule has 3 atom stereocenters. The molecule has 1 aromatic rings. The zero-order valence-corrected chi connectivity index (χ0v) is 25.7. The van der Waals surface area contributed by atoms with E-state index < -0.39 is 59.2 Å². The number of nitrogens with one attached hydrogen (secondary N) is 4. The average molecular weight is 658 g/mol. The number of guanidine groups is 1.